The van der Waals surface area contributed by atoms with Gasteiger partial charge in [0, 0.05) is 17.3 Å². The Bertz CT molecular complexity index is 1180. The second-order valence-electron chi connectivity index (χ2n) is 6.18. The minimum Gasteiger partial charge on any atom is -0.395 e. The van der Waals surface area contributed by atoms with Crippen LogP contribution in [0.4, 0.5) is 5.69 Å². The van der Waals surface area contributed by atoms with Gasteiger partial charge in [-0.05, 0) is 18.2 Å². The number of para-hydroxylation sites is 3. The normalized spacial score (nSPS) is 13.9. The van der Waals surface area contributed by atoms with Crippen LogP contribution in [-0.2, 0) is 9.59 Å². The van der Waals surface area contributed by atoms with Crippen molar-refractivity contribution >= 4 is 28.5 Å². The van der Waals surface area contributed by atoms with Gasteiger partial charge < -0.3 is 15.4 Å². The Labute approximate surface area is 159 Å². The number of carbonyl (C=O) groups is 2. The predicted molar refractivity (Wildman–Crippen MR) is 103 cm³/mol. The van der Waals surface area contributed by atoms with Crippen molar-refractivity contribution in [3.05, 3.63) is 70.7 Å². The van der Waals surface area contributed by atoms with Crippen LogP contribution in [0.25, 0.3) is 22.3 Å². The number of aromatic nitrogens is 2. The van der Waals surface area contributed by atoms with E-state index >= 15 is 0 Å². The highest BCUT2D eigenvalue weighted by atomic mass is 16.3. The number of anilines is 1. The Kier molecular flexibility index (Phi) is 4.46. The summed E-state index contributed by atoms with van der Waals surface area (Å²) in [4.78, 5) is 45.1. The number of carbonyl (C=O) groups excluding carboxylic acids is 2. The molecule has 1 aliphatic rings. The van der Waals surface area contributed by atoms with Gasteiger partial charge in [-0.2, -0.15) is 0 Å². The number of aliphatic hydroxyl groups excluding tert-OH is 1. The molecule has 0 aliphatic carbocycles. The maximum atomic E-state index is 12.6. The van der Waals surface area contributed by atoms with E-state index in [2.05, 4.69) is 15.3 Å². The van der Waals surface area contributed by atoms with Gasteiger partial charge in [0.1, 0.15) is 11.4 Å². The molecule has 8 heteroatoms. The molecule has 2 heterocycles. The number of benzene rings is 2. The first kappa shape index (κ1) is 17.6. The number of amides is 2. The maximum absolute atomic E-state index is 12.6. The molecule has 0 atom stereocenters. The van der Waals surface area contributed by atoms with Gasteiger partial charge in [-0.1, -0.05) is 30.3 Å². The highest BCUT2D eigenvalue weighted by molar-refractivity contribution is 6.17. The van der Waals surface area contributed by atoms with Crippen molar-refractivity contribution in [3.63, 3.8) is 0 Å². The summed E-state index contributed by atoms with van der Waals surface area (Å²) < 4.78 is 0. The number of nitrogens with zero attached hydrogens (tertiary/aromatic N) is 2. The van der Waals surface area contributed by atoms with Gasteiger partial charge in [0.25, 0.3) is 17.4 Å². The van der Waals surface area contributed by atoms with Crippen LogP contribution >= 0.6 is 0 Å². The molecule has 4 rings (SSSR count). The fraction of sp³-hybridized carbons (Fsp3) is 0.100. The zero-order valence-electron chi connectivity index (χ0n) is 14.7. The Morgan fingerprint density at radius 1 is 1.04 bits per heavy atom. The predicted octanol–water partition coefficient (Wildman–Crippen LogP) is 1.25. The van der Waals surface area contributed by atoms with E-state index in [1.807, 2.05) is 12.1 Å². The van der Waals surface area contributed by atoms with Gasteiger partial charge in [0.2, 0.25) is 0 Å². The molecule has 0 saturated heterocycles. The summed E-state index contributed by atoms with van der Waals surface area (Å²) in [6, 6.07) is 14.1. The lowest BCUT2D eigenvalue weighted by Gasteiger charge is -2.15. The number of rotatable bonds is 5. The van der Waals surface area contributed by atoms with Crippen molar-refractivity contribution in [2.45, 2.75) is 0 Å². The SMILES string of the molecule is O=C1C=C(Nc2ccccc2-c2nc3ccccc3[nH]c2=O)C(=O)N1CCO. The Morgan fingerprint density at radius 3 is 2.61 bits per heavy atom. The molecule has 3 aromatic rings. The van der Waals surface area contributed by atoms with Crippen LogP contribution in [0.1, 0.15) is 0 Å². The van der Waals surface area contributed by atoms with E-state index in [-0.39, 0.29) is 30.1 Å². The monoisotopic (exact) mass is 376 g/mol. The van der Waals surface area contributed by atoms with Crippen molar-refractivity contribution in [2.24, 2.45) is 0 Å². The third kappa shape index (κ3) is 3.06. The van der Waals surface area contributed by atoms with Crippen LogP contribution < -0.4 is 10.9 Å². The van der Waals surface area contributed by atoms with Crippen LogP contribution in [0.5, 0.6) is 0 Å². The number of β-amino-alcohol motifs (C(OH)–C–C–N with tert-alkyl or cyclic N) is 1. The van der Waals surface area contributed by atoms with Gasteiger partial charge in [-0.25, -0.2) is 4.98 Å². The van der Waals surface area contributed by atoms with E-state index in [0.717, 1.165) is 4.90 Å². The molecular weight excluding hydrogens is 360 g/mol. The van der Waals surface area contributed by atoms with E-state index in [9.17, 15) is 14.4 Å². The molecular formula is C20H16N4O4. The number of imide groups is 1. The number of aliphatic hydroxyl groups is 1. The number of aromatic amines is 1. The minimum absolute atomic E-state index is 0.0723. The molecule has 0 bridgehead atoms. The van der Waals surface area contributed by atoms with Crippen LogP contribution in [0, 0.1) is 0 Å². The zero-order valence-corrected chi connectivity index (χ0v) is 14.7. The Morgan fingerprint density at radius 2 is 1.79 bits per heavy atom. The van der Waals surface area contributed by atoms with E-state index in [1.54, 1.807) is 36.4 Å². The van der Waals surface area contributed by atoms with Gasteiger partial charge >= 0.3 is 0 Å². The quantitative estimate of drug-likeness (QED) is 0.577. The number of hydrogen-bond donors (Lipinski definition) is 3. The highest BCUT2D eigenvalue weighted by Crippen LogP contribution is 2.27. The molecule has 8 nitrogen and oxygen atoms in total. The Hall–Kier alpha value is -3.78. The second-order valence-corrected chi connectivity index (χ2v) is 6.18. The average molecular weight is 376 g/mol. The largest absolute Gasteiger partial charge is 0.395 e. The molecule has 1 aliphatic heterocycles. The van der Waals surface area contributed by atoms with Crippen molar-refractivity contribution in [2.75, 3.05) is 18.5 Å². The summed E-state index contributed by atoms with van der Waals surface area (Å²) in [6.07, 6.45) is 1.17. The molecule has 0 unspecified atom stereocenters. The summed E-state index contributed by atoms with van der Waals surface area (Å²) in [6.45, 7) is -0.390. The topological polar surface area (TPSA) is 115 Å². The summed E-state index contributed by atoms with van der Waals surface area (Å²) in [5.74, 6) is -1.03. The number of fused-ring (bicyclic) bond motifs is 1. The smallest absolute Gasteiger partial charge is 0.277 e. The number of H-pyrrole nitrogens is 1. The van der Waals surface area contributed by atoms with Gasteiger partial charge in [-0.15, -0.1) is 0 Å². The molecule has 28 heavy (non-hydrogen) atoms. The first-order chi connectivity index (χ1) is 13.6. The average Bonchev–Trinajstić information content (AvgIpc) is 2.96. The third-order valence-corrected chi connectivity index (χ3v) is 4.38. The van der Waals surface area contributed by atoms with Gasteiger partial charge in [-0.3, -0.25) is 19.3 Å². The molecule has 1 aromatic heterocycles. The van der Waals surface area contributed by atoms with E-state index < -0.39 is 11.8 Å². The fourth-order valence-corrected chi connectivity index (χ4v) is 3.07. The minimum atomic E-state index is -0.533. The highest BCUT2D eigenvalue weighted by Gasteiger charge is 2.31. The van der Waals surface area contributed by atoms with E-state index in [1.165, 1.54) is 6.08 Å². The van der Waals surface area contributed by atoms with E-state index in [4.69, 9.17) is 5.11 Å². The lowest BCUT2D eigenvalue weighted by molar-refractivity contribution is -0.137. The molecule has 0 fully saturated rings. The molecule has 0 radical (unpaired) electrons. The lowest BCUT2D eigenvalue weighted by atomic mass is 10.1. The fourth-order valence-electron chi connectivity index (χ4n) is 3.07. The summed E-state index contributed by atoms with van der Waals surface area (Å²) >= 11 is 0. The van der Waals surface area contributed by atoms with Crippen molar-refractivity contribution in [3.8, 4) is 11.3 Å². The second kappa shape index (κ2) is 7.09. The lowest BCUT2D eigenvalue weighted by Crippen LogP contribution is -2.34. The standard InChI is InChI=1S/C20H16N4O4/c25-10-9-24-17(26)11-16(20(24)28)21-13-6-2-1-5-12(13)18-19(27)23-15-8-4-3-7-14(15)22-18/h1-8,11,21,25H,9-10H2,(H,23,27). The summed E-state index contributed by atoms with van der Waals surface area (Å²) in [5.41, 5.74) is 2.13. The van der Waals surface area contributed by atoms with Crippen LogP contribution in [0.2, 0.25) is 0 Å². The van der Waals surface area contributed by atoms with Crippen molar-refractivity contribution in [1.82, 2.24) is 14.9 Å². The molecule has 3 N–H and O–H groups in total. The summed E-state index contributed by atoms with van der Waals surface area (Å²) in [5, 5.41) is 11.9. The third-order valence-electron chi connectivity index (χ3n) is 4.38. The molecule has 0 spiro atoms. The molecule has 140 valence electrons. The molecule has 2 amide bonds. The van der Waals surface area contributed by atoms with E-state index in [0.29, 0.717) is 22.3 Å². The number of hydrogen-bond acceptors (Lipinski definition) is 6. The van der Waals surface area contributed by atoms with Gasteiger partial charge in [0.05, 0.1) is 24.2 Å². The van der Waals surface area contributed by atoms with Crippen LogP contribution in [0.3, 0.4) is 0 Å². The maximum Gasteiger partial charge on any atom is 0.277 e. The summed E-state index contributed by atoms with van der Waals surface area (Å²) in [7, 11) is 0. The number of nitrogens with one attached hydrogen (secondary N) is 2. The van der Waals surface area contributed by atoms with Crippen LogP contribution in [0.15, 0.2) is 65.1 Å². The van der Waals surface area contributed by atoms with Crippen molar-refractivity contribution < 1.29 is 14.7 Å². The van der Waals surface area contributed by atoms with Crippen LogP contribution in [-0.4, -0.2) is 44.9 Å². The van der Waals surface area contributed by atoms with Gasteiger partial charge in [0.15, 0.2) is 0 Å². The first-order valence-corrected chi connectivity index (χ1v) is 8.62. The zero-order chi connectivity index (χ0) is 19.7. The molecule has 0 saturated carbocycles. The van der Waals surface area contributed by atoms with Crippen molar-refractivity contribution in [1.29, 1.82) is 0 Å². The molecule has 2 aromatic carbocycles. The Balaban J connectivity index is 1.74. The first-order valence-electron chi connectivity index (χ1n) is 8.62.